The van der Waals surface area contributed by atoms with Gasteiger partial charge < -0.3 is 4.90 Å². The number of hydrogen-bond donors (Lipinski definition) is 0. The molecule has 2 aromatic rings. The summed E-state index contributed by atoms with van der Waals surface area (Å²) in [5.41, 5.74) is 2.54. The molecule has 0 aliphatic rings. The average Bonchev–Trinajstić information content (AvgIpc) is 2.45. The lowest BCUT2D eigenvalue weighted by atomic mass is 10.1. The van der Waals surface area contributed by atoms with Crippen LogP contribution in [-0.2, 0) is 6.54 Å². The lowest BCUT2D eigenvalue weighted by Crippen LogP contribution is -2.22. The van der Waals surface area contributed by atoms with Crippen LogP contribution >= 0.6 is 0 Å². The SMILES string of the molecule is CCN(Cc1cccc(C#N)c1)c1cccc(F)c1. The van der Waals surface area contributed by atoms with Crippen molar-refractivity contribution in [3.8, 4) is 6.07 Å². The van der Waals surface area contributed by atoms with Crippen molar-refractivity contribution in [1.82, 2.24) is 0 Å². The number of benzene rings is 2. The Morgan fingerprint density at radius 1 is 1.16 bits per heavy atom. The average molecular weight is 254 g/mol. The summed E-state index contributed by atoms with van der Waals surface area (Å²) in [5, 5.41) is 8.89. The van der Waals surface area contributed by atoms with E-state index in [-0.39, 0.29) is 5.82 Å². The Bertz CT molecular complexity index is 602. The van der Waals surface area contributed by atoms with Gasteiger partial charge in [-0.3, -0.25) is 0 Å². The molecule has 0 aliphatic heterocycles. The molecule has 2 aromatic carbocycles. The van der Waals surface area contributed by atoms with E-state index in [0.29, 0.717) is 12.1 Å². The summed E-state index contributed by atoms with van der Waals surface area (Å²) in [5.74, 6) is -0.235. The van der Waals surface area contributed by atoms with Crippen LogP contribution in [-0.4, -0.2) is 6.54 Å². The highest BCUT2D eigenvalue weighted by atomic mass is 19.1. The van der Waals surface area contributed by atoms with Crippen LogP contribution in [0.2, 0.25) is 0 Å². The first-order valence-electron chi connectivity index (χ1n) is 6.22. The van der Waals surface area contributed by atoms with E-state index in [1.54, 1.807) is 12.1 Å². The van der Waals surface area contributed by atoms with Crippen molar-refractivity contribution >= 4 is 5.69 Å². The quantitative estimate of drug-likeness (QED) is 0.831. The molecule has 0 radical (unpaired) electrons. The maximum atomic E-state index is 13.3. The molecule has 2 rings (SSSR count). The van der Waals surface area contributed by atoms with Gasteiger partial charge in [-0.05, 0) is 42.8 Å². The third-order valence-electron chi connectivity index (χ3n) is 2.98. The van der Waals surface area contributed by atoms with Gasteiger partial charge in [0.1, 0.15) is 5.82 Å². The van der Waals surface area contributed by atoms with Crippen LogP contribution in [0.25, 0.3) is 0 Å². The smallest absolute Gasteiger partial charge is 0.125 e. The zero-order chi connectivity index (χ0) is 13.7. The molecule has 0 N–H and O–H groups in total. The van der Waals surface area contributed by atoms with E-state index in [1.807, 2.05) is 31.2 Å². The first-order valence-corrected chi connectivity index (χ1v) is 6.22. The number of nitrogens with zero attached hydrogens (tertiary/aromatic N) is 2. The van der Waals surface area contributed by atoms with Crippen LogP contribution in [0.5, 0.6) is 0 Å². The first-order chi connectivity index (χ1) is 9.22. The van der Waals surface area contributed by atoms with Gasteiger partial charge >= 0.3 is 0 Å². The fourth-order valence-electron chi connectivity index (χ4n) is 2.02. The molecule has 0 fully saturated rings. The van der Waals surface area contributed by atoms with Crippen LogP contribution in [0.1, 0.15) is 18.1 Å². The maximum Gasteiger partial charge on any atom is 0.125 e. The van der Waals surface area contributed by atoms with Crippen molar-refractivity contribution in [2.24, 2.45) is 0 Å². The van der Waals surface area contributed by atoms with Gasteiger partial charge in [0.05, 0.1) is 11.6 Å². The van der Waals surface area contributed by atoms with Crippen molar-refractivity contribution in [2.45, 2.75) is 13.5 Å². The summed E-state index contributed by atoms with van der Waals surface area (Å²) in [6.07, 6.45) is 0. The Hall–Kier alpha value is -2.34. The van der Waals surface area contributed by atoms with Crippen molar-refractivity contribution in [3.05, 3.63) is 65.5 Å². The van der Waals surface area contributed by atoms with E-state index < -0.39 is 0 Å². The van der Waals surface area contributed by atoms with Gasteiger partial charge in [0, 0.05) is 18.8 Å². The first kappa shape index (κ1) is 13.1. The molecule has 0 saturated heterocycles. The zero-order valence-electron chi connectivity index (χ0n) is 10.8. The van der Waals surface area contributed by atoms with Crippen molar-refractivity contribution < 1.29 is 4.39 Å². The Morgan fingerprint density at radius 3 is 2.63 bits per heavy atom. The second kappa shape index (κ2) is 6.01. The van der Waals surface area contributed by atoms with Gasteiger partial charge in [0.15, 0.2) is 0 Å². The molecule has 0 atom stereocenters. The minimum atomic E-state index is -0.235. The molecular formula is C16H15FN2. The van der Waals surface area contributed by atoms with Gasteiger partial charge in [-0.25, -0.2) is 4.39 Å². The van der Waals surface area contributed by atoms with Crippen LogP contribution < -0.4 is 4.90 Å². The summed E-state index contributed by atoms with van der Waals surface area (Å²) in [6, 6.07) is 16.2. The number of rotatable bonds is 4. The van der Waals surface area contributed by atoms with Crippen LogP contribution in [0, 0.1) is 17.1 Å². The highest BCUT2D eigenvalue weighted by Gasteiger charge is 2.06. The Kier molecular flexibility index (Phi) is 4.15. The topological polar surface area (TPSA) is 27.0 Å². The molecule has 19 heavy (non-hydrogen) atoms. The van der Waals surface area contributed by atoms with E-state index in [4.69, 9.17) is 5.26 Å². The molecule has 0 aromatic heterocycles. The highest BCUT2D eigenvalue weighted by molar-refractivity contribution is 5.47. The number of hydrogen-bond acceptors (Lipinski definition) is 2. The summed E-state index contributed by atoms with van der Waals surface area (Å²) in [6.45, 7) is 3.47. The van der Waals surface area contributed by atoms with E-state index in [0.717, 1.165) is 17.8 Å². The largest absolute Gasteiger partial charge is 0.367 e. The Morgan fingerprint density at radius 2 is 1.95 bits per heavy atom. The van der Waals surface area contributed by atoms with E-state index in [9.17, 15) is 4.39 Å². The fourth-order valence-corrected chi connectivity index (χ4v) is 2.02. The van der Waals surface area contributed by atoms with Crippen LogP contribution in [0.4, 0.5) is 10.1 Å². The standard InChI is InChI=1S/C16H15FN2/c1-2-19(16-8-4-7-15(17)10-16)12-14-6-3-5-13(9-14)11-18/h3-10H,2,12H2,1H3. The molecule has 0 spiro atoms. The van der Waals surface area contributed by atoms with E-state index >= 15 is 0 Å². The Labute approximate surface area is 112 Å². The Balaban J connectivity index is 2.21. The summed E-state index contributed by atoms with van der Waals surface area (Å²) < 4.78 is 13.3. The molecule has 96 valence electrons. The molecule has 0 unspecified atom stereocenters. The van der Waals surface area contributed by atoms with Gasteiger partial charge in [-0.1, -0.05) is 18.2 Å². The minimum absolute atomic E-state index is 0.235. The van der Waals surface area contributed by atoms with Gasteiger partial charge in [0.2, 0.25) is 0 Å². The second-order valence-corrected chi connectivity index (χ2v) is 4.31. The normalized spacial score (nSPS) is 9.95. The van der Waals surface area contributed by atoms with E-state index in [2.05, 4.69) is 11.0 Å². The number of anilines is 1. The summed E-state index contributed by atoms with van der Waals surface area (Å²) in [7, 11) is 0. The second-order valence-electron chi connectivity index (χ2n) is 4.31. The zero-order valence-corrected chi connectivity index (χ0v) is 10.8. The monoisotopic (exact) mass is 254 g/mol. The molecule has 2 nitrogen and oxygen atoms in total. The van der Waals surface area contributed by atoms with Gasteiger partial charge in [0.25, 0.3) is 0 Å². The third-order valence-corrected chi connectivity index (χ3v) is 2.98. The summed E-state index contributed by atoms with van der Waals surface area (Å²) in [4.78, 5) is 2.07. The predicted molar refractivity (Wildman–Crippen MR) is 74.3 cm³/mol. The third kappa shape index (κ3) is 3.32. The molecule has 0 heterocycles. The lowest BCUT2D eigenvalue weighted by Gasteiger charge is -2.23. The molecule has 0 saturated carbocycles. The molecular weight excluding hydrogens is 239 g/mol. The van der Waals surface area contributed by atoms with E-state index in [1.165, 1.54) is 12.1 Å². The van der Waals surface area contributed by atoms with Gasteiger partial charge in [-0.2, -0.15) is 5.26 Å². The van der Waals surface area contributed by atoms with Crippen molar-refractivity contribution in [3.63, 3.8) is 0 Å². The lowest BCUT2D eigenvalue weighted by molar-refractivity contribution is 0.626. The van der Waals surface area contributed by atoms with Crippen molar-refractivity contribution in [2.75, 3.05) is 11.4 Å². The van der Waals surface area contributed by atoms with Crippen molar-refractivity contribution in [1.29, 1.82) is 5.26 Å². The van der Waals surface area contributed by atoms with Gasteiger partial charge in [-0.15, -0.1) is 0 Å². The fraction of sp³-hybridized carbons (Fsp3) is 0.188. The maximum absolute atomic E-state index is 13.3. The molecule has 0 bridgehead atoms. The van der Waals surface area contributed by atoms with Crippen LogP contribution in [0.15, 0.2) is 48.5 Å². The molecule has 3 heteroatoms. The predicted octanol–water partition coefficient (Wildman–Crippen LogP) is 3.72. The molecule has 0 amide bonds. The number of halogens is 1. The number of nitriles is 1. The summed E-state index contributed by atoms with van der Waals surface area (Å²) >= 11 is 0. The molecule has 0 aliphatic carbocycles. The minimum Gasteiger partial charge on any atom is -0.367 e. The van der Waals surface area contributed by atoms with Crippen LogP contribution in [0.3, 0.4) is 0 Å². The highest BCUT2D eigenvalue weighted by Crippen LogP contribution is 2.18.